The molecule has 4 aromatic rings. The molecule has 0 spiro atoms. The average molecular weight is 458 g/mol. The summed E-state index contributed by atoms with van der Waals surface area (Å²) in [5, 5.41) is 13.2. The first-order chi connectivity index (χ1) is 14.7. The zero-order chi connectivity index (χ0) is 20.5. The van der Waals surface area contributed by atoms with Gasteiger partial charge in [-0.1, -0.05) is 35.2 Å². The van der Waals surface area contributed by atoms with E-state index in [1.807, 2.05) is 31.2 Å². The third kappa shape index (κ3) is 3.82. The first-order valence-electron chi connectivity index (χ1n) is 9.70. The van der Waals surface area contributed by atoms with E-state index < -0.39 is 0 Å². The lowest BCUT2D eigenvalue weighted by atomic mass is 10.2. The van der Waals surface area contributed by atoms with Gasteiger partial charge in [0, 0.05) is 4.88 Å². The minimum atomic E-state index is -0.0258. The summed E-state index contributed by atoms with van der Waals surface area (Å²) in [6.45, 7) is 2.55. The predicted octanol–water partition coefficient (Wildman–Crippen LogP) is 4.76. The molecule has 0 aliphatic heterocycles. The van der Waals surface area contributed by atoms with Gasteiger partial charge in [0.25, 0.3) is 5.56 Å². The fraction of sp³-hybridized carbons (Fsp3) is 0.300. The lowest BCUT2D eigenvalue weighted by Gasteiger charge is -2.09. The van der Waals surface area contributed by atoms with Crippen LogP contribution < -0.4 is 15.6 Å². The number of fused-ring (bicyclic) bond motifs is 3. The molecule has 30 heavy (non-hydrogen) atoms. The number of benzene rings is 1. The molecule has 0 bridgehead atoms. The Kier molecular flexibility index (Phi) is 5.45. The largest absolute Gasteiger partial charge is 0.492 e. The minimum Gasteiger partial charge on any atom is -0.492 e. The van der Waals surface area contributed by atoms with Crippen molar-refractivity contribution in [2.24, 2.45) is 0 Å². The maximum Gasteiger partial charge on any atom is 0.259 e. The summed E-state index contributed by atoms with van der Waals surface area (Å²) in [5.74, 6) is 1.99. The summed E-state index contributed by atoms with van der Waals surface area (Å²) in [6.07, 6.45) is 3.19. The minimum absolute atomic E-state index is 0.0258. The van der Waals surface area contributed by atoms with Gasteiger partial charge in [-0.15, -0.1) is 21.5 Å². The summed E-state index contributed by atoms with van der Waals surface area (Å²) < 4.78 is 6.45. The van der Waals surface area contributed by atoms with Gasteiger partial charge in [-0.3, -0.25) is 4.79 Å². The Morgan fingerprint density at radius 2 is 2.13 bits per heavy atom. The fourth-order valence-electron chi connectivity index (χ4n) is 3.53. The van der Waals surface area contributed by atoms with Crippen molar-refractivity contribution >= 4 is 55.5 Å². The molecule has 0 saturated heterocycles. The molecule has 10 heteroatoms. The van der Waals surface area contributed by atoms with Crippen molar-refractivity contribution in [3.8, 4) is 5.75 Å². The normalized spacial score (nSPS) is 13.0. The standard InChI is InChI=1S/C20H19N5O2S3/c1-2-27-13-8-4-3-7-12(13)21-19-24-25-20(30-19)28-10-15-22-17(26)16-11-6-5-9-14(11)29-18(16)23-15/h3-4,7-8H,2,5-6,9-10H2,1H3,(H,21,24)(H,22,23,26). The van der Waals surface area contributed by atoms with Gasteiger partial charge in [0.2, 0.25) is 5.13 Å². The number of thiophene rings is 1. The number of para-hydroxylation sites is 2. The Labute approximate surface area is 184 Å². The van der Waals surface area contributed by atoms with E-state index in [-0.39, 0.29) is 5.56 Å². The smallest absolute Gasteiger partial charge is 0.259 e. The highest BCUT2D eigenvalue weighted by Crippen LogP contribution is 2.35. The maximum atomic E-state index is 12.6. The predicted molar refractivity (Wildman–Crippen MR) is 123 cm³/mol. The Bertz CT molecular complexity index is 1260. The van der Waals surface area contributed by atoms with Gasteiger partial charge in [-0.05, 0) is 43.9 Å². The van der Waals surface area contributed by atoms with Gasteiger partial charge in [-0.2, -0.15) is 0 Å². The molecule has 1 aromatic carbocycles. The van der Waals surface area contributed by atoms with Crippen molar-refractivity contribution in [1.82, 2.24) is 20.2 Å². The van der Waals surface area contributed by atoms with E-state index in [0.717, 1.165) is 45.3 Å². The molecule has 0 saturated carbocycles. The van der Waals surface area contributed by atoms with Gasteiger partial charge >= 0.3 is 0 Å². The van der Waals surface area contributed by atoms with Crippen LogP contribution in [0.5, 0.6) is 5.75 Å². The third-order valence-corrected chi connectivity index (χ3v) is 7.96. The summed E-state index contributed by atoms with van der Waals surface area (Å²) >= 11 is 4.63. The molecule has 0 unspecified atom stereocenters. The molecule has 2 N–H and O–H groups in total. The molecule has 0 fully saturated rings. The van der Waals surface area contributed by atoms with Crippen LogP contribution in [0.4, 0.5) is 10.8 Å². The number of nitrogens with one attached hydrogen (secondary N) is 2. The second-order valence-electron chi connectivity index (χ2n) is 6.77. The SMILES string of the molecule is CCOc1ccccc1Nc1nnc(SCc2nc3sc4c(c3c(=O)[nH]2)CCC4)s1. The molecule has 3 heterocycles. The van der Waals surface area contributed by atoms with Crippen molar-refractivity contribution in [2.45, 2.75) is 36.3 Å². The lowest BCUT2D eigenvalue weighted by Crippen LogP contribution is -2.11. The van der Waals surface area contributed by atoms with Crippen molar-refractivity contribution in [3.63, 3.8) is 0 Å². The number of anilines is 2. The summed E-state index contributed by atoms with van der Waals surface area (Å²) in [6, 6.07) is 7.74. The van der Waals surface area contributed by atoms with Crippen LogP contribution in [-0.4, -0.2) is 26.8 Å². The van der Waals surface area contributed by atoms with Crippen LogP contribution in [0, 0.1) is 0 Å². The average Bonchev–Trinajstić information content (AvgIpc) is 3.44. The van der Waals surface area contributed by atoms with Crippen LogP contribution >= 0.6 is 34.4 Å². The molecule has 3 aromatic heterocycles. The molecule has 154 valence electrons. The van der Waals surface area contributed by atoms with E-state index in [4.69, 9.17) is 4.74 Å². The molecule has 0 amide bonds. The van der Waals surface area contributed by atoms with E-state index in [0.29, 0.717) is 23.3 Å². The van der Waals surface area contributed by atoms with Crippen molar-refractivity contribution in [2.75, 3.05) is 11.9 Å². The topological polar surface area (TPSA) is 92.8 Å². The summed E-state index contributed by atoms with van der Waals surface area (Å²) in [4.78, 5) is 22.4. The number of H-pyrrole nitrogens is 1. The number of hydrogen-bond acceptors (Lipinski definition) is 9. The number of aromatic nitrogens is 4. The van der Waals surface area contributed by atoms with Crippen LogP contribution in [0.15, 0.2) is 33.4 Å². The van der Waals surface area contributed by atoms with Crippen LogP contribution in [-0.2, 0) is 18.6 Å². The molecule has 1 aliphatic rings. The summed E-state index contributed by atoms with van der Waals surface area (Å²) in [5.41, 5.74) is 2.03. The van der Waals surface area contributed by atoms with Crippen LogP contribution in [0.25, 0.3) is 10.2 Å². The first-order valence-corrected chi connectivity index (χ1v) is 12.3. The third-order valence-electron chi connectivity index (χ3n) is 4.79. The molecule has 0 radical (unpaired) electrons. The molecular weight excluding hydrogens is 438 g/mol. The van der Waals surface area contributed by atoms with Gasteiger partial charge < -0.3 is 15.0 Å². The lowest BCUT2D eigenvalue weighted by molar-refractivity contribution is 0.342. The van der Waals surface area contributed by atoms with Gasteiger partial charge in [-0.25, -0.2) is 4.98 Å². The number of thioether (sulfide) groups is 1. The quantitative estimate of drug-likeness (QED) is 0.387. The van der Waals surface area contributed by atoms with Gasteiger partial charge in [0.15, 0.2) is 4.34 Å². The van der Waals surface area contributed by atoms with Crippen molar-refractivity contribution < 1.29 is 4.74 Å². The fourth-order valence-corrected chi connectivity index (χ4v) is 6.45. The van der Waals surface area contributed by atoms with Crippen LogP contribution in [0.2, 0.25) is 0 Å². The maximum absolute atomic E-state index is 12.6. The van der Waals surface area contributed by atoms with Crippen LogP contribution in [0.3, 0.4) is 0 Å². The second-order valence-corrected chi connectivity index (χ2v) is 10.0. The Hall–Kier alpha value is -2.43. The van der Waals surface area contributed by atoms with E-state index in [9.17, 15) is 4.79 Å². The number of hydrogen-bond donors (Lipinski definition) is 2. The van der Waals surface area contributed by atoms with E-state index >= 15 is 0 Å². The zero-order valence-corrected chi connectivity index (χ0v) is 18.7. The summed E-state index contributed by atoms with van der Waals surface area (Å²) in [7, 11) is 0. The molecular formula is C20H19N5O2S3. The molecule has 0 atom stereocenters. The van der Waals surface area contributed by atoms with Gasteiger partial charge in [0.1, 0.15) is 16.4 Å². The Morgan fingerprint density at radius 3 is 3.03 bits per heavy atom. The van der Waals surface area contributed by atoms with Crippen LogP contribution in [0.1, 0.15) is 29.6 Å². The number of nitrogens with zero attached hydrogens (tertiary/aromatic N) is 3. The van der Waals surface area contributed by atoms with Crippen molar-refractivity contribution in [1.29, 1.82) is 0 Å². The highest BCUT2D eigenvalue weighted by Gasteiger charge is 2.21. The number of aromatic amines is 1. The Balaban J connectivity index is 1.29. The van der Waals surface area contributed by atoms with E-state index in [2.05, 4.69) is 25.5 Å². The number of rotatable bonds is 7. The van der Waals surface area contributed by atoms with E-state index in [1.165, 1.54) is 33.5 Å². The zero-order valence-electron chi connectivity index (χ0n) is 16.2. The monoisotopic (exact) mass is 457 g/mol. The molecule has 5 rings (SSSR count). The first kappa shape index (κ1) is 19.5. The van der Waals surface area contributed by atoms with E-state index in [1.54, 1.807) is 11.3 Å². The number of aryl methyl sites for hydroxylation is 2. The molecule has 1 aliphatic carbocycles. The van der Waals surface area contributed by atoms with Crippen molar-refractivity contribution in [3.05, 3.63) is 50.9 Å². The Morgan fingerprint density at radius 1 is 1.23 bits per heavy atom. The van der Waals surface area contributed by atoms with Gasteiger partial charge in [0.05, 0.1) is 23.4 Å². The second kappa shape index (κ2) is 8.37. The number of ether oxygens (including phenoxy) is 1. The highest BCUT2D eigenvalue weighted by atomic mass is 32.2. The molecule has 7 nitrogen and oxygen atoms in total. The highest BCUT2D eigenvalue weighted by molar-refractivity contribution is 8.00.